The minimum Gasteiger partial charge on any atom is -0.497 e. The summed E-state index contributed by atoms with van der Waals surface area (Å²) in [6.45, 7) is 2.37. The predicted molar refractivity (Wildman–Crippen MR) is 121 cm³/mol. The fraction of sp³-hybridized carbons (Fsp3) is 0.320. The van der Waals surface area contributed by atoms with Crippen LogP contribution in [0.5, 0.6) is 5.75 Å². The minimum atomic E-state index is -0.226. The van der Waals surface area contributed by atoms with Gasteiger partial charge in [-0.2, -0.15) is 0 Å². The number of ether oxygens (including phenoxy) is 1. The molecule has 6 nitrogen and oxygen atoms in total. The molecule has 1 fully saturated rings. The number of anilines is 1. The molecular formula is C25H28N4O2. The summed E-state index contributed by atoms with van der Waals surface area (Å²) in [7, 11) is 1.63. The lowest BCUT2D eigenvalue weighted by Gasteiger charge is -2.32. The SMILES string of the molecule is COc1ccc(CNC(=O)c2ccc(N3CCC(Cc4ccccc4)CC3)nn2)cc1. The van der Waals surface area contributed by atoms with Crippen LogP contribution < -0.4 is 15.0 Å². The van der Waals surface area contributed by atoms with Gasteiger partial charge in [-0.15, -0.1) is 10.2 Å². The number of piperidine rings is 1. The van der Waals surface area contributed by atoms with Crippen molar-refractivity contribution in [2.24, 2.45) is 5.92 Å². The summed E-state index contributed by atoms with van der Waals surface area (Å²) in [5.41, 5.74) is 2.74. The topological polar surface area (TPSA) is 67.3 Å². The smallest absolute Gasteiger partial charge is 0.272 e. The van der Waals surface area contributed by atoms with Gasteiger partial charge in [-0.1, -0.05) is 42.5 Å². The van der Waals surface area contributed by atoms with Gasteiger partial charge in [0, 0.05) is 19.6 Å². The van der Waals surface area contributed by atoms with Crippen molar-refractivity contribution < 1.29 is 9.53 Å². The average Bonchev–Trinajstić information content (AvgIpc) is 2.84. The highest BCUT2D eigenvalue weighted by molar-refractivity contribution is 5.92. The molecule has 31 heavy (non-hydrogen) atoms. The number of nitrogens with one attached hydrogen (secondary N) is 1. The third-order valence-corrected chi connectivity index (χ3v) is 5.80. The molecule has 1 aliphatic rings. The average molecular weight is 417 g/mol. The van der Waals surface area contributed by atoms with E-state index in [-0.39, 0.29) is 5.91 Å². The van der Waals surface area contributed by atoms with Gasteiger partial charge in [-0.25, -0.2) is 0 Å². The Balaban J connectivity index is 1.26. The van der Waals surface area contributed by atoms with E-state index >= 15 is 0 Å². The van der Waals surface area contributed by atoms with Crippen molar-refractivity contribution in [2.75, 3.05) is 25.1 Å². The summed E-state index contributed by atoms with van der Waals surface area (Å²) in [6, 6.07) is 21.9. The van der Waals surface area contributed by atoms with Crippen LogP contribution in [0.25, 0.3) is 0 Å². The molecule has 1 saturated heterocycles. The summed E-state index contributed by atoms with van der Waals surface area (Å²) in [6.07, 6.45) is 3.41. The maximum atomic E-state index is 12.4. The molecule has 1 N–H and O–H groups in total. The second-order valence-corrected chi connectivity index (χ2v) is 7.93. The molecule has 1 aromatic heterocycles. The number of amides is 1. The second-order valence-electron chi connectivity index (χ2n) is 7.93. The summed E-state index contributed by atoms with van der Waals surface area (Å²) in [5, 5.41) is 11.4. The molecule has 0 unspecified atom stereocenters. The Kier molecular flexibility index (Phi) is 6.77. The highest BCUT2D eigenvalue weighted by Crippen LogP contribution is 2.24. The third-order valence-electron chi connectivity index (χ3n) is 5.80. The number of nitrogens with zero attached hydrogens (tertiary/aromatic N) is 3. The summed E-state index contributed by atoms with van der Waals surface area (Å²) >= 11 is 0. The van der Waals surface area contributed by atoms with Crippen molar-refractivity contribution in [3.05, 3.63) is 83.6 Å². The van der Waals surface area contributed by atoms with Crippen LogP contribution in [0.15, 0.2) is 66.7 Å². The molecule has 0 bridgehead atoms. The Morgan fingerprint density at radius 2 is 1.71 bits per heavy atom. The van der Waals surface area contributed by atoms with Crippen LogP contribution in [0.2, 0.25) is 0 Å². The van der Waals surface area contributed by atoms with E-state index in [9.17, 15) is 4.79 Å². The van der Waals surface area contributed by atoms with E-state index in [0.717, 1.165) is 49.5 Å². The molecule has 0 saturated carbocycles. The van der Waals surface area contributed by atoms with Crippen LogP contribution in [0.3, 0.4) is 0 Å². The first-order valence-corrected chi connectivity index (χ1v) is 10.7. The third kappa shape index (κ3) is 5.60. The molecule has 0 radical (unpaired) electrons. The van der Waals surface area contributed by atoms with Gasteiger partial charge in [0.2, 0.25) is 0 Å². The first kappa shape index (κ1) is 20.8. The Morgan fingerprint density at radius 1 is 0.968 bits per heavy atom. The fourth-order valence-corrected chi connectivity index (χ4v) is 3.94. The Bertz CT molecular complexity index is 967. The number of methoxy groups -OCH3 is 1. The lowest BCUT2D eigenvalue weighted by atomic mass is 9.90. The maximum Gasteiger partial charge on any atom is 0.272 e. The van der Waals surface area contributed by atoms with Crippen molar-refractivity contribution in [1.82, 2.24) is 15.5 Å². The lowest BCUT2D eigenvalue weighted by Crippen LogP contribution is -2.35. The summed E-state index contributed by atoms with van der Waals surface area (Å²) < 4.78 is 5.15. The quantitative estimate of drug-likeness (QED) is 0.633. The predicted octanol–water partition coefficient (Wildman–Crippen LogP) is 3.87. The standard InChI is InChI=1S/C25H28N4O2/c1-31-22-9-7-21(8-10-22)18-26-25(30)23-11-12-24(28-27-23)29-15-13-20(14-16-29)17-19-5-3-2-4-6-19/h2-12,20H,13-18H2,1H3,(H,26,30). The van der Waals surface area contributed by atoms with Gasteiger partial charge in [0.05, 0.1) is 7.11 Å². The number of hydrogen-bond acceptors (Lipinski definition) is 5. The molecule has 4 rings (SSSR count). The highest BCUT2D eigenvalue weighted by atomic mass is 16.5. The Hall–Kier alpha value is -3.41. The van der Waals surface area contributed by atoms with Crippen LogP contribution in [0.1, 0.15) is 34.5 Å². The number of rotatable bonds is 7. The van der Waals surface area contributed by atoms with E-state index in [0.29, 0.717) is 18.2 Å². The normalized spacial score (nSPS) is 14.3. The van der Waals surface area contributed by atoms with Crippen LogP contribution in [-0.4, -0.2) is 36.3 Å². The molecular weight excluding hydrogens is 388 g/mol. The fourth-order valence-electron chi connectivity index (χ4n) is 3.94. The van der Waals surface area contributed by atoms with Crippen LogP contribution >= 0.6 is 0 Å². The van der Waals surface area contributed by atoms with E-state index in [1.165, 1.54) is 5.56 Å². The molecule has 2 aromatic carbocycles. The number of hydrogen-bond donors (Lipinski definition) is 1. The molecule has 3 aromatic rings. The molecule has 1 aliphatic heterocycles. The van der Waals surface area contributed by atoms with E-state index in [4.69, 9.17) is 4.74 Å². The molecule has 160 valence electrons. The van der Waals surface area contributed by atoms with Crippen LogP contribution in [0.4, 0.5) is 5.82 Å². The second kappa shape index (κ2) is 10.1. The summed E-state index contributed by atoms with van der Waals surface area (Å²) in [5.74, 6) is 2.11. The van der Waals surface area contributed by atoms with Gasteiger partial charge < -0.3 is 15.0 Å². The van der Waals surface area contributed by atoms with Crippen molar-refractivity contribution in [3.63, 3.8) is 0 Å². The zero-order valence-corrected chi connectivity index (χ0v) is 17.8. The van der Waals surface area contributed by atoms with Crippen LogP contribution in [0, 0.1) is 5.92 Å². The zero-order chi connectivity index (χ0) is 21.5. The van der Waals surface area contributed by atoms with E-state index in [1.54, 1.807) is 13.2 Å². The first-order valence-electron chi connectivity index (χ1n) is 10.7. The minimum absolute atomic E-state index is 0.226. The largest absolute Gasteiger partial charge is 0.497 e. The van der Waals surface area contributed by atoms with Gasteiger partial charge in [-0.3, -0.25) is 4.79 Å². The molecule has 2 heterocycles. The van der Waals surface area contributed by atoms with Crippen LogP contribution in [-0.2, 0) is 13.0 Å². The van der Waals surface area contributed by atoms with Gasteiger partial charge >= 0.3 is 0 Å². The molecule has 0 aliphatic carbocycles. The maximum absolute atomic E-state index is 12.4. The monoisotopic (exact) mass is 416 g/mol. The van der Waals surface area contributed by atoms with Crippen molar-refractivity contribution >= 4 is 11.7 Å². The van der Waals surface area contributed by atoms with Gasteiger partial charge in [0.1, 0.15) is 5.75 Å². The Labute approximate surface area is 183 Å². The molecule has 0 atom stereocenters. The number of carbonyl (C=O) groups is 1. The van der Waals surface area contributed by atoms with Crippen molar-refractivity contribution in [2.45, 2.75) is 25.8 Å². The summed E-state index contributed by atoms with van der Waals surface area (Å²) in [4.78, 5) is 14.7. The zero-order valence-electron chi connectivity index (χ0n) is 17.8. The Morgan fingerprint density at radius 3 is 2.35 bits per heavy atom. The number of benzene rings is 2. The van der Waals surface area contributed by atoms with Gasteiger partial charge in [0.15, 0.2) is 11.5 Å². The van der Waals surface area contributed by atoms with E-state index in [1.807, 2.05) is 30.3 Å². The lowest BCUT2D eigenvalue weighted by molar-refractivity contribution is 0.0945. The van der Waals surface area contributed by atoms with Gasteiger partial charge in [-0.05, 0) is 60.6 Å². The molecule has 6 heteroatoms. The molecule has 0 spiro atoms. The van der Waals surface area contributed by atoms with Crippen molar-refractivity contribution in [3.8, 4) is 5.75 Å². The number of carbonyl (C=O) groups excluding carboxylic acids is 1. The number of aromatic nitrogens is 2. The first-order chi connectivity index (χ1) is 15.2. The molecule has 1 amide bonds. The van der Waals surface area contributed by atoms with Gasteiger partial charge in [0.25, 0.3) is 5.91 Å². The highest BCUT2D eigenvalue weighted by Gasteiger charge is 2.21. The van der Waals surface area contributed by atoms with Crippen molar-refractivity contribution in [1.29, 1.82) is 0 Å². The van der Waals surface area contributed by atoms with E-state index < -0.39 is 0 Å². The van der Waals surface area contributed by atoms with E-state index in [2.05, 4.69) is 50.7 Å².